The molecule has 2 N–H and O–H groups in total. The second-order valence-corrected chi connectivity index (χ2v) is 9.80. The van der Waals surface area contributed by atoms with Gasteiger partial charge in [0.25, 0.3) is 0 Å². The highest BCUT2D eigenvalue weighted by Gasteiger charge is 2.35. The minimum atomic E-state index is -0.950. The normalized spacial score (nSPS) is 12.9. The number of hydrogen-bond donors (Lipinski definition) is 3. The van der Waals surface area contributed by atoms with Crippen molar-refractivity contribution in [1.29, 1.82) is 0 Å². The van der Waals surface area contributed by atoms with E-state index in [2.05, 4.69) is 23.3 Å². The summed E-state index contributed by atoms with van der Waals surface area (Å²) in [4.78, 5) is 41.1. The maximum absolute atomic E-state index is 13.7. The summed E-state index contributed by atoms with van der Waals surface area (Å²) in [6, 6.07) is 15.3. The van der Waals surface area contributed by atoms with Crippen molar-refractivity contribution in [2.24, 2.45) is 0 Å². The van der Waals surface area contributed by atoms with E-state index in [1.807, 2.05) is 68.4 Å². The van der Waals surface area contributed by atoms with Gasteiger partial charge in [0.05, 0.1) is 0 Å². The Hall–Kier alpha value is -3.00. The fourth-order valence-electron chi connectivity index (χ4n) is 3.64. The minimum absolute atomic E-state index is 0.0600. The van der Waals surface area contributed by atoms with Crippen molar-refractivity contribution in [3.63, 3.8) is 0 Å². The number of aryl methyl sites for hydroxylation is 1. The van der Waals surface area contributed by atoms with Gasteiger partial charge in [-0.15, -0.1) is 0 Å². The molecule has 2 aromatic carbocycles. The number of ether oxygens (including phenoxy) is 1. The van der Waals surface area contributed by atoms with Crippen LogP contribution in [0.2, 0.25) is 0 Å². The summed E-state index contributed by atoms with van der Waals surface area (Å²) in [7, 11) is 0. The molecule has 35 heavy (non-hydrogen) atoms. The Morgan fingerprint density at radius 1 is 1.06 bits per heavy atom. The molecule has 2 atom stereocenters. The molecule has 0 aliphatic heterocycles. The van der Waals surface area contributed by atoms with Gasteiger partial charge in [0.2, 0.25) is 11.8 Å². The summed E-state index contributed by atoms with van der Waals surface area (Å²) < 4.78 is 5.32. The average Bonchev–Trinajstić information content (AvgIpc) is 2.80. The topological polar surface area (TPSA) is 87.7 Å². The van der Waals surface area contributed by atoms with Gasteiger partial charge >= 0.3 is 6.09 Å². The molecule has 0 heterocycles. The van der Waals surface area contributed by atoms with Gasteiger partial charge in [-0.2, -0.15) is 12.6 Å². The van der Waals surface area contributed by atoms with E-state index < -0.39 is 29.7 Å². The minimum Gasteiger partial charge on any atom is -0.444 e. The first kappa shape index (κ1) is 28.2. The number of hydrogen-bond acceptors (Lipinski definition) is 5. The van der Waals surface area contributed by atoms with E-state index in [4.69, 9.17) is 4.74 Å². The lowest BCUT2D eigenvalue weighted by Gasteiger charge is -2.34. The SMILES string of the molecule is CCCN(C(=O)C(CS)NC(=O)OC(C)(C)C)C(C(=O)NCc1ccccc1)c1cccc(C)c1. The molecule has 7 nitrogen and oxygen atoms in total. The predicted molar refractivity (Wildman–Crippen MR) is 141 cm³/mol. The second kappa shape index (κ2) is 13.2. The second-order valence-electron chi connectivity index (χ2n) is 9.43. The number of carbonyl (C=O) groups is 3. The summed E-state index contributed by atoms with van der Waals surface area (Å²) in [5.74, 6) is -0.629. The van der Waals surface area contributed by atoms with Gasteiger partial charge in [0.1, 0.15) is 17.7 Å². The van der Waals surface area contributed by atoms with E-state index in [1.54, 1.807) is 20.8 Å². The fourth-order valence-corrected chi connectivity index (χ4v) is 3.89. The molecule has 0 aromatic heterocycles. The third-order valence-electron chi connectivity index (χ3n) is 5.15. The molecule has 0 radical (unpaired) electrons. The molecule has 0 saturated heterocycles. The Morgan fingerprint density at radius 3 is 2.31 bits per heavy atom. The number of amides is 3. The maximum Gasteiger partial charge on any atom is 0.408 e. The Kier molecular flexibility index (Phi) is 10.6. The number of alkyl carbamates (subject to hydrolysis) is 1. The molecule has 0 saturated carbocycles. The maximum atomic E-state index is 13.7. The Morgan fingerprint density at radius 2 is 1.74 bits per heavy atom. The summed E-state index contributed by atoms with van der Waals surface area (Å²) in [5.41, 5.74) is 1.92. The van der Waals surface area contributed by atoms with Gasteiger partial charge in [-0.25, -0.2) is 4.79 Å². The van der Waals surface area contributed by atoms with Gasteiger partial charge in [-0.1, -0.05) is 67.1 Å². The van der Waals surface area contributed by atoms with Crippen LogP contribution in [0.4, 0.5) is 4.79 Å². The first-order valence-electron chi connectivity index (χ1n) is 11.8. The van der Waals surface area contributed by atoms with Gasteiger partial charge in [0.15, 0.2) is 0 Å². The Labute approximate surface area is 214 Å². The number of rotatable bonds is 10. The first-order chi connectivity index (χ1) is 16.6. The smallest absolute Gasteiger partial charge is 0.408 e. The summed E-state index contributed by atoms with van der Waals surface area (Å²) in [6.07, 6.45) is -0.0758. The molecular formula is C27H37N3O4S. The fraction of sp³-hybridized carbons (Fsp3) is 0.444. The van der Waals surface area contributed by atoms with E-state index >= 15 is 0 Å². The van der Waals surface area contributed by atoms with Crippen LogP contribution in [-0.2, 0) is 20.9 Å². The largest absolute Gasteiger partial charge is 0.444 e. The van der Waals surface area contributed by atoms with Crippen molar-refractivity contribution in [3.8, 4) is 0 Å². The molecule has 0 aliphatic rings. The van der Waals surface area contributed by atoms with Crippen molar-refractivity contribution < 1.29 is 19.1 Å². The van der Waals surface area contributed by atoms with Gasteiger partial charge in [-0.3, -0.25) is 9.59 Å². The highest BCUT2D eigenvalue weighted by molar-refractivity contribution is 7.80. The van der Waals surface area contributed by atoms with Gasteiger partial charge < -0.3 is 20.3 Å². The van der Waals surface area contributed by atoms with Crippen molar-refractivity contribution >= 4 is 30.5 Å². The molecule has 0 fully saturated rings. The standard InChI is InChI=1S/C27H37N3O4S/c1-6-15-30(25(32)22(18-35)29-26(33)34-27(3,4)5)23(21-14-10-11-19(2)16-21)24(31)28-17-20-12-8-7-9-13-20/h7-14,16,22-23,35H,6,15,17-18H2,1-5H3,(H,28,31)(H,29,33). The lowest BCUT2D eigenvalue weighted by molar-refractivity contribution is -0.142. The van der Waals surface area contributed by atoms with Crippen LogP contribution in [-0.4, -0.2) is 46.7 Å². The number of benzene rings is 2. The van der Waals surface area contributed by atoms with E-state index in [0.29, 0.717) is 25.1 Å². The summed E-state index contributed by atoms with van der Waals surface area (Å²) >= 11 is 4.30. The number of carbonyl (C=O) groups excluding carboxylic acids is 3. The number of nitrogens with one attached hydrogen (secondary N) is 2. The molecule has 190 valence electrons. The van der Waals surface area contributed by atoms with E-state index in [9.17, 15) is 14.4 Å². The van der Waals surface area contributed by atoms with Crippen LogP contribution in [0.5, 0.6) is 0 Å². The molecule has 3 amide bonds. The lowest BCUT2D eigenvalue weighted by atomic mass is 10.0. The number of thiol groups is 1. The zero-order chi connectivity index (χ0) is 26.0. The van der Waals surface area contributed by atoms with Gasteiger partial charge in [-0.05, 0) is 45.2 Å². The van der Waals surface area contributed by atoms with Crippen LogP contribution < -0.4 is 10.6 Å². The van der Waals surface area contributed by atoms with Crippen LogP contribution in [0.1, 0.15) is 56.8 Å². The third kappa shape index (κ3) is 8.94. The van der Waals surface area contributed by atoms with Crippen LogP contribution in [0.15, 0.2) is 54.6 Å². The molecular weight excluding hydrogens is 462 g/mol. The van der Waals surface area contributed by atoms with Crippen LogP contribution in [0.25, 0.3) is 0 Å². The molecule has 0 aliphatic carbocycles. The van der Waals surface area contributed by atoms with Crippen molar-refractivity contribution in [2.75, 3.05) is 12.3 Å². The van der Waals surface area contributed by atoms with Crippen LogP contribution >= 0.6 is 12.6 Å². The monoisotopic (exact) mass is 499 g/mol. The van der Waals surface area contributed by atoms with Crippen molar-refractivity contribution in [1.82, 2.24) is 15.5 Å². The Balaban J connectivity index is 2.35. The molecule has 0 bridgehead atoms. The Bertz CT molecular complexity index is 991. The van der Waals surface area contributed by atoms with E-state index in [0.717, 1.165) is 11.1 Å². The van der Waals surface area contributed by atoms with Crippen LogP contribution in [0.3, 0.4) is 0 Å². The van der Waals surface area contributed by atoms with E-state index in [1.165, 1.54) is 4.90 Å². The zero-order valence-corrected chi connectivity index (χ0v) is 22.1. The highest BCUT2D eigenvalue weighted by Crippen LogP contribution is 2.24. The zero-order valence-electron chi connectivity index (χ0n) is 21.2. The average molecular weight is 500 g/mol. The molecule has 2 aromatic rings. The highest BCUT2D eigenvalue weighted by atomic mass is 32.1. The number of nitrogens with zero attached hydrogens (tertiary/aromatic N) is 1. The quantitative estimate of drug-likeness (QED) is 0.423. The molecule has 0 spiro atoms. The summed E-state index contributed by atoms with van der Waals surface area (Å²) in [6.45, 7) is 9.79. The molecule has 8 heteroatoms. The van der Waals surface area contributed by atoms with E-state index in [-0.39, 0.29) is 11.7 Å². The predicted octanol–water partition coefficient (Wildman–Crippen LogP) is 4.41. The molecule has 2 unspecified atom stereocenters. The first-order valence-corrected chi connectivity index (χ1v) is 12.5. The third-order valence-corrected chi connectivity index (χ3v) is 5.51. The van der Waals surface area contributed by atoms with Crippen LogP contribution in [0, 0.1) is 6.92 Å². The summed E-state index contributed by atoms with van der Waals surface area (Å²) in [5, 5.41) is 5.59. The van der Waals surface area contributed by atoms with Gasteiger partial charge in [0, 0.05) is 18.8 Å². The lowest BCUT2D eigenvalue weighted by Crippen LogP contribution is -2.54. The molecule has 2 rings (SSSR count). The van der Waals surface area contributed by atoms with Crippen molar-refractivity contribution in [3.05, 3.63) is 71.3 Å². The van der Waals surface area contributed by atoms with Crippen molar-refractivity contribution in [2.45, 2.75) is 65.3 Å².